The highest BCUT2D eigenvalue weighted by Gasteiger charge is 2.33. The lowest BCUT2D eigenvalue weighted by molar-refractivity contribution is -0.126. The summed E-state index contributed by atoms with van der Waals surface area (Å²) in [6.45, 7) is 3.53. The number of halogens is 1. The lowest BCUT2D eigenvalue weighted by Crippen LogP contribution is -2.43. The van der Waals surface area contributed by atoms with E-state index in [9.17, 15) is 9.18 Å². The Morgan fingerprint density at radius 2 is 2.11 bits per heavy atom. The number of nitrogens with one attached hydrogen (secondary N) is 1. The van der Waals surface area contributed by atoms with E-state index in [4.69, 9.17) is 0 Å². The van der Waals surface area contributed by atoms with Gasteiger partial charge in [0.2, 0.25) is 5.91 Å². The molecule has 98 valence electrons. The van der Waals surface area contributed by atoms with Crippen molar-refractivity contribution < 1.29 is 9.18 Å². The lowest BCUT2D eigenvalue weighted by atomic mass is 10.0. The molecule has 1 aromatic rings. The fourth-order valence-electron chi connectivity index (χ4n) is 2.49. The molecule has 0 aromatic heterocycles. The van der Waals surface area contributed by atoms with Crippen molar-refractivity contribution in [1.82, 2.24) is 10.2 Å². The molecule has 1 fully saturated rings. The van der Waals surface area contributed by atoms with Crippen LogP contribution in [-0.2, 0) is 11.3 Å². The van der Waals surface area contributed by atoms with Crippen LogP contribution in [0.5, 0.6) is 0 Å². The molecular formula is C14H19FN2O. The van der Waals surface area contributed by atoms with E-state index in [0.717, 1.165) is 18.5 Å². The topological polar surface area (TPSA) is 32.3 Å². The highest BCUT2D eigenvalue weighted by Crippen LogP contribution is 2.22. The summed E-state index contributed by atoms with van der Waals surface area (Å²) in [6.07, 6.45) is 1.06. The van der Waals surface area contributed by atoms with Crippen molar-refractivity contribution in [1.29, 1.82) is 0 Å². The Labute approximate surface area is 107 Å². The summed E-state index contributed by atoms with van der Waals surface area (Å²) in [7, 11) is 1.98. The zero-order chi connectivity index (χ0) is 13.1. The van der Waals surface area contributed by atoms with Crippen molar-refractivity contribution in [3.8, 4) is 0 Å². The monoisotopic (exact) mass is 250 g/mol. The van der Waals surface area contributed by atoms with Gasteiger partial charge in [0.1, 0.15) is 5.82 Å². The summed E-state index contributed by atoms with van der Waals surface area (Å²) < 4.78 is 12.7. The number of carbonyl (C=O) groups is 1. The predicted molar refractivity (Wildman–Crippen MR) is 68.4 cm³/mol. The molecule has 1 aliphatic heterocycles. The van der Waals surface area contributed by atoms with Crippen LogP contribution in [0.2, 0.25) is 0 Å². The maximum absolute atomic E-state index is 12.7. The van der Waals surface area contributed by atoms with Gasteiger partial charge in [0.15, 0.2) is 0 Å². The Bertz CT molecular complexity index is 408. The minimum absolute atomic E-state index is 0.0366. The molecule has 0 aliphatic carbocycles. The first-order valence-electron chi connectivity index (χ1n) is 6.30. The molecule has 1 aliphatic rings. The summed E-state index contributed by atoms with van der Waals surface area (Å²) in [6, 6.07) is 6.16. The number of amides is 1. The first-order valence-corrected chi connectivity index (χ1v) is 6.30. The van der Waals surface area contributed by atoms with Gasteiger partial charge < -0.3 is 5.32 Å². The van der Waals surface area contributed by atoms with E-state index in [1.807, 2.05) is 7.05 Å². The van der Waals surface area contributed by atoms with Gasteiger partial charge in [0.25, 0.3) is 0 Å². The Balaban J connectivity index is 1.90. The standard InChI is InChI=1S/C14H19FN2O/c1-10-7-8-17(2)13(10)14(18)16-9-11-3-5-12(15)6-4-11/h3-6,10,13H,7-9H2,1-2H3,(H,16,18). The SMILES string of the molecule is CC1CCN(C)C1C(=O)NCc1ccc(F)cc1. The van der Waals surface area contributed by atoms with E-state index in [-0.39, 0.29) is 17.8 Å². The highest BCUT2D eigenvalue weighted by molar-refractivity contribution is 5.82. The second kappa shape index (κ2) is 5.48. The van der Waals surface area contributed by atoms with Gasteiger partial charge in [0, 0.05) is 6.54 Å². The van der Waals surface area contributed by atoms with Crippen LogP contribution in [0.15, 0.2) is 24.3 Å². The molecule has 3 nitrogen and oxygen atoms in total. The molecule has 1 amide bonds. The number of carbonyl (C=O) groups excluding carboxylic acids is 1. The molecule has 4 heteroatoms. The van der Waals surface area contributed by atoms with Gasteiger partial charge in [-0.2, -0.15) is 0 Å². The molecule has 1 saturated heterocycles. The van der Waals surface area contributed by atoms with Gasteiger partial charge >= 0.3 is 0 Å². The van der Waals surface area contributed by atoms with Gasteiger partial charge in [-0.3, -0.25) is 9.69 Å². The maximum atomic E-state index is 12.7. The van der Waals surface area contributed by atoms with Crippen molar-refractivity contribution in [3.63, 3.8) is 0 Å². The van der Waals surface area contributed by atoms with Crippen LogP contribution in [0.3, 0.4) is 0 Å². The van der Waals surface area contributed by atoms with E-state index in [0.29, 0.717) is 12.5 Å². The second-order valence-corrected chi connectivity index (χ2v) is 5.04. The van der Waals surface area contributed by atoms with Crippen LogP contribution in [0.4, 0.5) is 4.39 Å². The number of rotatable bonds is 3. The quantitative estimate of drug-likeness (QED) is 0.887. The average molecular weight is 250 g/mol. The molecule has 0 bridgehead atoms. The average Bonchev–Trinajstić information content (AvgIpc) is 2.68. The van der Waals surface area contributed by atoms with Gasteiger partial charge in [-0.05, 0) is 43.6 Å². The zero-order valence-electron chi connectivity index (χ0n) is 10.8. The van der Waals surface area contributed by atoms with E-state index < -0.39 is 0 Å². The third-order valence-corrected chi connectivity index (χ3v) is 3.60. The summed E-state index contributed by atoms with van der Waals surface area (Å²) >= 11 is 0. The minimum atomic E-state index is -0.255. The third kappa shape index (κ3) is 2.88. The van der Waals surface area contributed by atoms with Crippen molar-refractivity contribution in [2.45, 2.75) is 25.9 Å². The van der Waals surface area contributed by atoms with E-state index in [1.54, 1.807) is 12.1 Å². The van der Waals surface area contributed by atoms with Crippen LogP contribution in [0, 0.1) is 11.7 Å². The fourth-order valence-corrected chi connectivity index (χ4v) is 2.49. The zero-order valence-corrected chi connectivity index (χ0v) is 10.8. The Morgan fingerprint density at radius 1 is 1.44 bits per heavy atom. The molecule has 0 spiro atoms. The van der Waals surface area contributed by atoms with Crippen molar-refractivity contribution >= 4 is 5.91 Å². The van der Waals surface area contributed by atoms with Crippen LogP contribution in [0.25, 0.3) is 0 Å². The number of hydrogen-bond donors (Lipinski definition) is 1. The minimum Gasteiger partial charge on any atom is -0.351 e. The van der Waals surface area contributed by atoms with Gasteiger partial charge in [-0.25, -0.2) is 4.39 Å². The molecule has 18 heavy (non-hydrogen) atoms. The normalized spacial score (nSPS) is 24.2. The summed E-state index contributed by atoms with van der Waals surface area (Å²) in [5.41, 5.74) is 0.915. The number of likely N-dealkylation sites (tertiary alicyclic amines) is 1. The number of hydrogen-bond acceptors (Lipinski definition) is 2. The van der Waals surface area contributed by atoms with Gasteiger partial charge in [0.05, 0.1) is 6.04 Å². The van der Waals surface area contributed by atoms with Gasteiger partial charge in [-0.1, -0.05) is 19.1 Å². The van der Waals surface area contributed by atoms with E-state index in [2.05, 4.69) is 17.1 Å². The lowest BCUT2D eigenvalue weighted by Gasteiger charge is -2.21. The summed E-state index contributed by atoms with van der Waals surface area (Å²) in [5, 5.41) is 2.92. The van der Waals surface area contributed by atoms with E-state index >= 15 is 0 Å². The molecule has 2 rings (SSSR count). The Morgan fingerprint density at radius 3 is 2.67 bits per heavy atom. The summed E-state index contributed by atoms with van der Waals surface area (Å²) in [4.78, 5) is 14.2. The van der Waals surface area contributed by atoms with Crippen LogP contribution < -0.4 is 5.32 Å². The maximum Gasteiger partial charge on any atom is 0.237 e. The molecule has 2 atom stereocenters. The largest absolute Gasteiger partial charge is 0.351 e. The second-order valence-electron chi connectivity index (χ2n) is 5.04. The molecular weight excluding hydrogens is 231 g/mol. The van der Waals surface area contributed by atoms with Crippen LogP contribution >= 0.6 is 0 Å². The third-order valence-electron chi connectivity index (χ3n) is 3.60. The van der Waals surface area contributed by atoms with Crippen molar-refractivity contribution in [3.05, 3.63) is 35.6 Å². The number of nitrogens with zero attached hydrogens (tertiary/aromatic N) is 1. The van der Waals surface area contributed by atoms with Crippen LogP contribution in [0.1, 0.15) is 18.9 Å². The van der Waals surface area contributed by atoms with E-state index in [1.165, 1.54) is 12.1 Å². The number of likely N-dealkylation sites (N-methyl/N-ethyl adjacent to an activating group) is 1. The first kappa shape index (κ1) is 13.0. The molecule has 0 saturated carbocycles. The number of benzene rings is 1. The summed E-state index contributed by atoms with van der Waals surface area (Å²) in [5.74, 6) is 0.198. The molecule has 1 N–H and O–H groups in total. The molecule has 1 heterocycles. The van der Waals surface area contributed by atoms with Crippen molar-refractivity contribution in [2.24, 2.45) is 5.92 Å². The molecule has 2 unspecified atom stereocenters. The predicted octanol–water partition coefficient (Wildman–Crippen LogP) is 1.78. The fraction of sp³-hybridized carbons (Fsp3) is 0.500. The Hall–Kier alpha value is -1.42. The van der Waals surface area contributed by atoms with Gasteiger partial charge in [-0.15, -0.1) is 0 Å². The van der Waals surface area contributed by atoms with Crippen molar-refractivity contribution in [2.75, 3.05) is 13.6 Å². The highest BCUT2D eigenvalue weighted by atomic mass is 19.1. The van der Waals surface area contributed by atoms with Crippen LogP contribution in [-0.4, -0.2) is 30.4 Å². The smallest absolute Gasteiger partial charge is 0.237 e. The molecule has 1 aromatic carbocycles. The first-order chi connectivity index (χ1) is 8.58. The Kier molecular flexibility index (Phi) is 3.97. The molecule has 0 radical (unpaired) electrons.